The van der Waals surface area contributed by atoms with E-state index in [4.69, 9.17) is 4.42 Å². The van der Waals surface area contributed by atoms with Crippen LogP contribution in [0.2, 0.25) is 0 Å². The van der Waals surface area contributed by atoms with Gasteiger partial charge in [-0.3, -0.25) is 0 Å². The van der Waals surface area contributed by atoms with Crippen LogP contribution in [0.25, 0.3) is 11.6 Å². The van der Waals surface area contributed by atoms with Gasteiger partial charge < -0.3 is 4.42 Å². The van der Waals surface area contributed by atoms with Crippen molar-refractivity contribution in [3.63, 3.8) is 0 Å². The van der Waals surface area contributed by atoms with E-state index in [1.165, 1.54) is 12.7 Å². The largest absolute Gasteiger partial charge is 0.422 e. The lowest BCUT2D eigenvalue weighted by molar-refractivity contribution is 0.566. The monoisotopic (exact) mass is 176 g/mol. The average molecular weight is 176 g/mol. The van der Waals surface area contributed by atoms with Crippen molar-refractivity contribution in [2.24, 2.45) is 0 Å². The summed E-state index contributed by atoms with van der Waals surface area (Å²) in [6.45, 7) is 2.03. The molecule has 2 aromatic heterocycles. The molecule has 0 fully saturated rings. The molecule has 0 saturated carbocycles. The maximum Gasteiger partial charge on any atom is 0.266 e. The second-order valence-electron chi connectivity index (χ2n) is 2.49. The van der Waals surface area contributed by atoms with E-state index in [9.17, 15) is 0 Å². The molecule has 2 aromatic rings. The zero-order chi connectivity index (χ0) is 9.10. The maximum atomic E-state index is 5.01. The van der Waals surface area contributed by atoms with Crippen LogP contribution in [0.4, 0.5) is 0 Å². The van der Waals surface area contributed by atoms with Crippen LogP contribution < -0.4 is 0 Å². The first-order chi connectivity index (χ1) is 6.40. The first kappa shape index (κ1) is 7.85. The first-order valence-electron chi connectivity index (χ1n) is 3.97. The molecule has 0 aliphatic heterocycles. The third-order valence-electron chi connectivity index (χ3n) is 1.67. The minimum absolute atomic E-state index is 0.428. The lowest BCUT2D eigenvalue weighted by atomic mass is 10.3. The Labute approximate surface area is 74.9 Å². The van der Waals surface area contributed by atoms with Gasteiger partial charge in [0.1, 0.15) is 12.0 Å². The Morgan fingerprint density at radius 3 is 3.00 bits per heavy atom. The predicted octanol–water partition coefficient (Wildman–Crippen LogP) is 1.09. The Balaban J connectivity index is 2.41. The third-order valence-corrected chi connectivity index (χ3v) is 1.67. The van der Waals surface area contributed by atoms with E-state index in [0.717, 1.165) is 12.1 Å². The van der Waals surface area contributed by atoms with E-state index in [-0.39, 0.29) is 0 Å². The summed E-state index contributed by atoms with van der Waals surface area (Å²) in [5.41, 5.74) is 1.63. The molecule has 0 aromatic carbocycles. The summed E-state index contributed by atoms with van der Waals surface area (Å²) >= 11 is 0. The topological polar surface area (TPSA) is 64.7 Å². The zero-order valence-corrected chi connectivity index (χ0v) is 7.14. The Morgan fingerprint density at radius 1 is 1.38 bits per heavy atom. The SMILES string of the molecule is CCc1cc(-c2nnco2)ncn1. The van der Waals surface area contributed by atoms with Crippen molar-refractivity contribution in [2.45, 2.75) is 13.3 Å². The molecule has 0 aliphatic carbocycles. The van der Waals surface area contributed by atoms with Crippen molar-refractivity contribution in [3.8, 4) is 11.6 Å². The molecule has 0 unspecified atom stereocenters. The molecular formula is C8H8N4O. The van der Waals surface area contributed by atoms with Crippen molar-refractivity contribution in [1.82, 2.24) is 20.2 Å². The van der Waals surface area contributed by atoms with E-state index in [1.54, 1.807) is 0 Å². The van der Waals surface area contributed by atoms with Gasteiger partial charge in [-0.05, 0) is 12.5 Å². The van der Waals surface area contributed by atoms with Crippen LogP contribution in [0.1, 0.15) is 12.6 Å². The molecule has 5 nitrogen and oxygen atoms in total. The Hall–Kier alpha value is -1.78. The predicted molar refractivity (Wildman–Crippen MR) is 44.7 cm³/mol. The molecule has 0 bridgehead atoms. The molecule has 0 radical (unpaired) electrons. The molecule has 0 saturated heterocycles. The Kier molecular flexibility index (Phi) is 1.99. The van der Waals surface area contributed by atoms with E-state index < -0.39 is 0 Å². The molecule has 0 aliphatic rings. The molecule has 0 amide bonds. The average Bonchev–Trinajstić information content (AvgIpc) is 2.71. The van der Waals surface area contributed by atoms with E-state index in [0.29, 0.717) is 11.6 Å². The van der Waals surface area contributed by atoms with Gasteiger partial charge in [0.25, 0.3) is 5.89 Å². The highest BCUT2D eigenvalue weighted by atomic mass is 16.4. The van der Waals surface area contributed by atoms with Crippen molar-refractivity contribution in [3.05, 3.63) is 24.5 Å². The number of hydrogen-bond acceptors (Lipinski definition) is 5. The highest BCUT2D eigenvalue weighted by Gasteiger charge is 2.05. The molecule has 2 heterocycles. The lowest BCUT2D eigenvalue weighted by Gasteiger charge is -1.95. The van der Waals surface area contributed by atoms with Gasteiger partial charge in [-0.25, -0.2) is 9.97 Å². The van der Waals surface area contributed by atoms with Gasteiger partial charge in [0.05, 0.1) is 0 Å². The van der Waals surface area contributed by atoms with E-state index in [1.807, 2.05) is 13.0 Å². The Morgan fingerprint density at radius 2 is 2.31 bits per heavy atom. The summed E-state index contributed by atoms with van der Waals surface area (Å²) in [4.78, 5) is 8.09. The van der Waals surface area contributed by atoms with Gasteiger partial charge in [0, 0.05) is 5.69 Å². The molecule has 66 valence electrons. The Bertz CT molecular complexity index is 385. The highest BCUT2D eigenvalue weighted by Crippen LogP contribution is 2.12. The fraction of sp³-hybridized carbons (Fsp3) is 0.250. The minimum Gasteiger partial charge on any atom is -0.422 e. The van der Waals surface area contributed by atoms with Crippen LogP contribution in [-0.2, 0) is 6.42 Å². The van der Waals surface area contributed by atoms with Crippen LogP contribution in [-0.4, -0.2) is 20.2 Å². The standard InChI is InChI=1S/C8H8N4O/c1-2-6-3-7(10-4-9-6)8-12-11-5-13-8/h3-5H,2H2,1H3. The van der Waals surface area contributed by atoms with Crippen molar-refractivity contribution < 1.29 is 4.42 Å². The third kappa shape index (κ3) is 1.53. The van der Waals surface area contributed by atoms with Gasteiger partial charge in [0.15, 0.2) is 0 Å². The minimum atomic E-state index is 0.428. The lowest BCUT2D eigenvalue weighted by Crippen LogP contribution is -1.91. The van der Waals surface area contributed by atoms with Crippen LogP contribution in [0.3, 0.4) is 0 Å². The van der Waals surface area contributed by atoms with E-state index >= 15 is 0 Å². The zero-order valence-electron chi connectivity index (χ0n) is 7.14. The van der Waals surface area contributed by atoms with Gasteiger partial charge in [-0.2, -0.15) is 0 Å². The summed E-state index contributed by atoms with van der Waals surface area (Å²) in [6, 6.07) is 1.84. The quantitative estimate of drug-likeness (QED) is 0.685. The van der Waals surface area contributed by atoms with Crippen molar-refractivity contribution in [2.75, 3.05) is 0 Å². The second-order valence-corrected chi connectivity index (χ2v) is 2.49. The van der Waals surface area contributed by atoms with Crippen LogP contribution in [0.5, 0.6) is 0 Å². The number of rotatable bonds is 2. The second kappa shape index (κ2) is 3.30. The molecule has 5 heteroatoms. The maximum absolute atomic E-state index is 5.01. The van der Waals surface area contributed by atoms with Gasteiger partial charge in [0.2, 0.25) is 6.39 Å². The molecule has 13 heavy (non-hydrogen) atoms. The summed E-state index contributed by atoms with van der Waals surface area (Å²) in [6.07, 6.45) is 3.64. The highest BCUT2D eigenvalue weighted by molar-refractivity contribution is 5.45. The van der Waals surface area contributed by atoms with Gasteiger partial charge in [-0.1, -0.05) is 6.92 Å². The van der Waals surface area contributed by atoms with E-state index in [2.05, 4.69) is 20.2 Å². The molecule has 0 N–H and O–H groups in total. The fourth-order valence-corrected chi connectivity index (χ4v) is 0.993. The van der Waals surface area contributed by atoms with Crippen LogP contribution in [0.15, 0.2) is 23.2 Å². The van der Waals surface area contributed by atoms with Crippen molar-refractivity contribution in [1.29, 1.82) is 0 Å². The number of hydrogen-bond donors (Lipinski definition) is 0. The number of nitrogens with zero attached hydrogens (tertiary/aromatic N) is 4. The van der Waals surface area contributed by atoms with Crippen LogP contribution >= 0.6 is 0 Å². The molecular weight excluding hydrogens is 168 g/mol. The summed E-state index contributed by atoms with van der Waals surface area (Å²) in [7, 11) is 0. The van der Waals surface area contributed by atoms with Gasteiger partial charge in [-0.15, -0.1) is 10.2 Å². The first-order valence-corrected chi connectivity index (χ1v) is 3.97. The van der Waals surface area contributed by atoms with Crippen molar-refractivity contribution >= 4 is 0 Å². The summed E-state index contributed by atoms with van der Waals surface area (Å²) < 4.78 is 5.01. The normalized spacial score (nSPS) is 10.2. The fourth-order valence-electron chi connectivity index (χ4n) is 0.993. The molecule has 0 atom stereocenters. The summed E-state index contributed by atoms with van der Waals surface area (Å²) in [5, 5.41) is 7.33. The number of aromatic nitrogens is 4. The van der Waals surface area contributed by atoms with Crippen LogP contribution in [0, 0.1) is 0 Å². The molecule has 2 rings (SSSR count). The summed E-state index contributed by atoms with van der Waals surface area (Å²) in [5.74, 6) is 0.428. The van der Waals surface area contributed by atoms with Gasteiger partial charge >= 0.3 is 0 Å². The number of aryl methyl sites for hydroxylation is 1. The smallest absolute Gasteiger partial charge is 0.266 e. The molecule has 0 spiro atoms.